The molecule has 17 heteroatoms. The quantitative estimate of drug-likeness (QED) is 0.0747. The van der Waals surface area contributed by atoms with Gasteiger partial charge in [-0.05, 0) is 38.1 Å². The number of anilines is 1. The average molecular weight is 620 g/mol. The van der Waals surface area contributed by atoms with Crippen molar-refractivity contribution in [2.75, 3.05) is 25.5 Å². The molecule has 1 atom stereocenters. The Morgan fingerprint density at radius 2 is 2.02 bits per heavy atom. The first kappa shape index (κ1) is 29.6. The molecule has 2 aliphatic heterocycles. The van der Waals surface area contributed by atoms with Crippen LogP contribution in [0.25, 0.3) is 11.4 Å². The van der Waals surface area contributed by atoms with Gasteiger partial charge in [0.2, 0.25) is 0 Å². The molecular formula is C25H29N7O8S2. The first-order valence-electron chi connectivity index (χ1n) is 12.9. The van der Waals surface area contributed by atoms with Crippen LogP contribution in [0.2, 0.25) is 0 Å². The molecule has 5 rings (SSSR count). The third kappa shape index (κ3) is 6.44. The molecule has 1 fully saturated rings. The van der Waals surface area contributed by atoms with Gasteiger partial charge in [-0.1, -0.05) is 5.16 Å². The first-order valence-corrected chi connectivity index (χ1v) is 15.1. The molecule has 2 aromatic heterocycles. The molecule has 4 heterocycles. The predicted octanol–water partition coefficient (Wildman–Crippen LogP) is 1.49. The number of imidazole rings is 1. The van der Waals surface area contributed by atoms with Gasteiger partial charge in [0, 0.05) is 36.9 Å². The standard InChI is InChI=1S/C25H29N7O8S2/c1-25(2)16(23(34)32(25)40-42(35,36)37)11-20(33)21(19-13-41-24(26)30-19)31-39-10-9-38-15-5-3-14(4-6-15)22-28-17-7-8-27-12-18(17)29-22/h3-6,13,16,27H,7-12H2,1-2H3,(H2,26,30)(H,28,29)(H,35,36,37)/b31-21-/t16-/m1/s1. The summed E-state index contributed by atoms with van der Waals surface area (Å²) in [5, 5.41) is 9.51. The summed E-state index contributed by atoms with van der Waals surface area (Å²) in [6, 6.07) is 7.44. The van der Waals surface area contributed by atoms with Crippen LogP contribution < -0.4 is 15.8 Å². The van der Waals surface area contributed by atoms with E-state index in [1.165, 1.54) is 19.2 Å². The number of carbonyl (C=O) groups excluding carboxylic acids is 2. The molecule has 0 radical (unpaired) electrons. The number of β-lactam (4-membered cyclic amide) rings is 1. The number of thiazole rings is 1. The minimum absolute atomic E-state index is 0.000115. The number of aromatic amines is 1. The molecule has 0 saturated carbocycles. The van der Waals surface area contributed by atoms with Crippen LogP contribution in [0.15, 0.2) is 34.8 Å². The predicted molar refractivity (Wildman–Crippen MR) is 151 cm³/mol. The number of aromatic nitrogens is 3. The van der Waals surface area contributed by atoms with E-state index in [2.05, 4.69) is 29.7 Å². The molecule has 0 aliphatic carbocycles. The maximum atomic E-state index is 13.2. The minimum atomic E-state index is -4.91. The molecular weight excluding hydrogens is 590 g/mol. The molecule has 1 amide bonds. The highest BCUT2D eigenvalue weighted by Crippen LogP contribution is 2.40. The van der Waals surface area contributed by atoms with Crippen molar-refractivity contribution in [2.24, 2.45) is 11.1 Å². The number of hydroxylamine groups is 2. The monoisotopic (exact) mass is 619 g/mol. The summed E-state index contributed by atoms with van der Waals surface area (Å²) in [4.78, 5) is 43.1. The lowest BCUT2D eigenvalue weighted by molar-refractivity contribution is -0.228. The van der Waals surface area contributed by atoms with Crippen molar-refractivity contribution in [2.45, 2.75) is 38.8 Å². The van der Waals surface area contributed by atoms with Crippen molar-refractivity contribution in [3.8, 4) is 17.1 Å². The highest BCUT2D eigenvalue weighted by Gasteiger charge is 2.57. The number of ether oxygens (including phenoxy) is 1. The van der Waals surface area contributed by atoms with E-state index >= 15 is 0 Å². The van der Waals surface area contributed by atoms with Crippen molar-refractivity contribution >= 4 is 44.3 Å². The number of Topliss-reactive ketones (excluding diaryl/α,β-unsaturated/α-hetero) is 1. The summed E-state index contributed by atoms with van der Waals surface area (Å²) >= 11 is 1.10. The Morgan fingerprint density at radius 3 is 2.67 bits per heavy atom. The maximum absolute atomic E-state index is 13.2. The van der Waals surface area contributed by atoms with Crippen LogP contribution in [0.5, 0.6) is 5.75 Å². The van der Waals surface area contributed by atoms with Gasteiger partial charge in [0.25, 0.3) is 5.91 Å². The third-order valence-corrected chi connectivity index (χ3v) is 7.90. The number of nitrogens with two attached hydrogens (primary N) is 1. The van der Waals surface area contributed by atoms with E-state index in [0.29, 0.717) is 10.8 Å². The van der Waals surface area contributed by atoms with E-state index in [-0.39, 0.29) is 36.2 Å². The minimum Gasteiger partial charge on any atom is -0.490 e. The van der Waals surface area contributed by atoms with Gasteiger partial charge in [0.1, 0.15) is 23.9 Å². The number of nitrogen functional groups attached to an aromatic ring is 1. The highest BCUT2D eigenvalue weighted by atomic mass is 32.3. The SMILES string of the molecule is CC1(C)[C@H](CC(=O)/C(=N\OCCOc2ccc(-c3nc4c([nH]3)CNCC4)cc2)c2csc(N)n2)C(=O)N1OS(=O)(=O)O. The maximum Gasteiger partial charge on any atom is 0.418 e. The number of benzene rings is 1. The zero-order valence-corrected chi connectivity index (χ0v) is 24.3. The second-order valence-corrected chi connectivity index (χ2v) is 12.0. The largest absolute Gasteiger partial charge is 0.490 e. The van der Waals surface area contributed by atoms with Crippen LogP contribution >= 0.6 is 11.3 Å². The number of fused-ring (bicyclic) bond motifs is 1. The van der Waals surface area contributed by atoms with E-state index in [9.17, 15) is 18.0 Å². The first-order chi connectivity index (χ1) is 19.9. The molecule has 2 aliphatic rings. The van der Waals surface area contributed by atoms with E-state index in [1.807, 2.05) is 24.3 Å². The van der Waals surface area contributed by atoms with Gasteiger partial charge in [-0.25, -0.2) is 9.97 Å². The van der Waals surface area contributed by atoms with Crippen LogP contribution in [0.1, 0.15) is 37.4 Å². The zero-order valence-electron chi connectivity index (χ0n) is 22.7. The van der Waals surface area contributed by atoms with Gasteiger partial charge in [-0.3, -0.25) is 14.1 Å². The van der Waals surface area contributed by atoms with Crippen LogP contribution in [0.4, 0.5) is 5.13 Å². The summed E-state index contributed by atoms with van der Waals surface area (Å²) < 4.78 is 41.1. The Labute approximate surface area is 245 Å². The highest BCUT2D eigenvalue weighted by molar-refractivity contribution is 7.80. The third-order valence-electron chi connectivity index (χ3n) is 6.89. The van der Waals surface area contributed by atoms with Gasteiger partial charge in [-0.15, -0.1) is 15.6 Å². The van der Waals surface area contributed by atoms with Crippen molar-refractivity contribution in [3.05, 3.63) is 46.7 Å². The average Bonchev–Trinajstić information content (AvgIpc) is 3.58. The molecule has 3 aromatic rings. The summed E-state index contributed by atoms with van der Waals surface area (Å²) in [6.45, 7) is 4.80. The molecule has 0 bridgehead atoms. The lowest BCUT2D eigenvalue weighted by Gasteiger charge is -2.50. The Hall–Kier alpha value is -3.90. The van der Waals surface area contributed by atoms with Crippen LogP contribution in [-0.2, 0) is 42.1 Å². The number of rotatable bonds is 12. The van der Waals surface area contributed by atoms with Crippen LogP contribution in [-0.4, -0.2) is 75.7 Å². The van der Waals surface area contributed by atoms with Gasteiger partial charge in [-0.2, -0.15) is 13.5 Å². The molecule has 1 aromatic carbocycles. The fourth-order valence-corrected chi connectivity index (χ4v) is 5.66. The number of oxime groups is 1. The number of nitrogens with zero attached hydrogens (tertiary/aromatic N) is 4. The Morgan fingerprint density at radius 1 is 1.26 bits per heavy atom. The van der Waals surface area contributed by atoms with Crippen LogP contribution in [0.3, 0.4) is 0 Å². The van der Waals surface area contributed by atoms with Gasteiger partial charge < -0.3 is 25.6 Å². The lowest BCUT2D eigenvalue weighted by Crippen LogP contribution is -2.68. The number of hydrogen-bond acceptors (Lipinski definition) is 13. The lowest BCUT2D eigenvalue weighted by atomic mass is 9.74. The van der Waals surface area contributed by atoms with Gasteiger partial charge in [0.15, 0.2) is 23.2 Å². The van der Waals surface area contributed by atoms with E-state index in [4.69, 9.17) is 19.9 Å². The second-order valence-electron chi connectivity index (χ2n) is 10.1. The molecule has 0 spiro atoms. The number of ketones is 1. The summed E-state index contributed by atoms with van der Waals surface area (Å²) in [6.07, 6.45) is 0.550. The molecule has 5 N–H and O–H groups in total. The second kappa shape index (κ2) is 11.8. The van der Waals surface area contributed by atoms with E-state index in [0.717, 1.165) is 53.6 Å². The molecule has 15 nitrogen and oxygen atoms in total. The van der Waals surface area contributed by atoms with E-state index < -0.39 is 33.5 Å². The zero-order chi connectivity index (χ0) is 30.1. The molecule has 42 heavy (non-hydrogen) atoms. The molecule has 224 valence electrons. The van der Waals surface area contributed by atoms with Gasteiger partial charge >= 0.3 is 10.4 Å². The number of nitrogens with one attached hydrogen (secondary N) is 2. The summed E-state index contributed by atoms with van der Waals surface area (Å²) in [7, 11) is -4.91. The van der Waals surface area contributed by atoms with Crippen LogP contribution in [0, 0.1) is 5.92 Å². The van der Waals surface area contributed by atoms with E-state index in [1.54, 1.807) is 0 Å². The fraction of sp³-hybridized carbons (Fsp3) is 0.400. The topological polar surface area (TPSA) is 211 Å². The number of hydrogen-bond donors (Lipinski definition) is 4. The molecule has 1 saturated heterocycles. The van der Waals surface area contributed by atoms with Crippen molar-refractivity contribution in [1.29, 1.82) is 0 Å². The Bertz CT molecular complexity index is 1590. The van der Waals surface area contributed by atoms with Gasteiger partial charge in [0.05, 0.1) is 22.8 Å². The van der Waals surface area contributed by atoms with Crippen molar-refractivity contribution < 1.29 is 36.4 Å². The Balaban J connectivity index is 1.17. The number of carbonyl (C=O) groups is 2. The fourth-order valence-electron chi connectivity index (χ4n) is 4.66. The normalized spacial score (nSPS) is 18.4. The molecule has 0 unspecified atom stereocenters. The van der Waals surface area contributed by atoms with Crippen molar-refractivity contribution in [1.82, 2.24) is 25.3 Å². The summed E-state index contributed by atoms with van der Waals surface area (Å²) in [5.74, 6) is -0.895. The Kier molecular flexibility index (Phi) is 8.29. The smallest absolute Gasteiger partial charge is 0.418 e. The number of amides is 1. The summed E-state index contributed by atoms with van der Waals surface area (Å²) in [5.41, 5.74) is 7.66. The van der Waals surface area contributed by atoms with Crippen molar-refractivity contribution in [3.63, 3.8) is 0 Å². The number of H-pyrrole nitrogens is 1.